The molecule has 3 nitrogen and oxygen atoms in total. The highest BCUT2D eigenvalue weighted by Gasteiger charge is 2.08. The Kier molecular flexibility index (Phi) is 4.81. The van der Waals surface area contributed by atoms with Crippen LogP contribution < -0.4 is 5.32 Å². The molecule has 1 atom stereocenters. The van der Waals surface area contributed by atoms with Gasteiger partial charge in [-0.15, -0.1) is 11.6 Å². The van der Waals surface area contributed by atoms with Gasteiger partial charge in [0.25, 0.3) is 5.91 Å². The second kappa shape index (κ2) is 6.14. The molecule has 1 amide bonds. The lowest BCUT2D eigenvalue weighted by Gasteiger charge is -2.08. The normalized spacial score (nSPS) is 11.6. The number of alkyl halides is 1. The fraction of sp³-hybridized carbons (Fsp3) is 0.333. The molecule has 84 valence electrons. The van der Waals surface area contributed by atoms with Crippen molar-refractivity contribution in [3.63, 3.8) is 0 Å². The average Bonchev–Trinajstić information content (AvgIpc) is 2.35. The van der Waals surface area contributed by atoms with Crippen LogP contribution in [-0.4, -0.2) is 17.8 Å². The van der Waals surface area contributed by atoms with Crippen LogP contribution in [0.1, 0.15) is 29.3 Å². The largest absolute Gasteiger partial charge is 0.351 e. The highest BCUT2D eigenvalue weighted by atomic mass is 35.5. The van der Waals surface area contributed by atoms with E-state index < -0.39 is 0 Å². The van der Waals surface area contributed by atoms with Gasteiger partial charge in [0.1, 0.15) is 0 Å². The third-order valence-corrected chi connectivity index (χ3v) is 2.64. The Morgan fingerprint density at radius 1 is 1.62 bits per heavy atom. The number of halogens is 1. The maximum atomic E-state index is 11.7. The number of nitrogens with one attached hydrogen (secondary N) is 1. The van der Waals surface area contributed by atoms with Gasteiger partial charge in [-0.2, -0.15) is 5.26 Å². The number of hydrogen-bond acceptors (Lipinski definition) is 2. The number of carbonyl (C=O) groups is 1. The van der Waals surface area contributed by atoms with E-state index in [1.165, 1.54) is 0 Å². The van der Waals surface area contributed by atoms with Crippen molar-refractivity contribution in [3.8, 4) is 6.07 Å². The number of rotatable bonds is 4. The SMILES string of the molecule is CCC(Cl)CNC(=O)c1cccc(C#N)c1. The molecule has 1 aromatic carbocycles. The number of amides is 1. The molecule has 1 unspecified atom stereocenters. The topological polar surface area (TPSA) is 52.9 Å². The molecule has 0 aromatic heterocycles. The summed E-state index contributed by atoms with van der Waals surface area (Å²) >= 11 is 5.89. The van der Waals surface area contributed by atoms with Gasteiger partial charge in [-0.05, 0) is 24.6 Å². The van der Waals surface area contributed by atoms with Gasteiger partial charge in [-0.1, -0.05) is 13.0 Å². The van der Waals surface area contributed by atoms with Crippen LogP contribution in [0, 0.1) is 11.3 Å². The van der Waals surface area contributed by atoms with Crippen LogP contribution in [0.25, 0.3) is 0 Å². The van der Waals surface area contributed by atoms with Crippen molar-refractivity contribution in [2.24, 2.45) is 0 Å². The van der Waals surface area contributed by atoms with E-state index in [0.29, 0.717) is 17.7 Å². The van der Waals surface area contributed by atoms with Gasteiger partial charge in [-0.25, -0.2) is 0 Å². The van der Waals surface area contributed by atoms with E-state index in [-0.39, 0.29) is 11.3 Å². The molecule has 0 bridgehead atoms. The lowest BCUT2D eigenvalue weighted by Crippen LogP contribution is -2.29. The summed E-state index contributed by atoms with van der Waals surface area (Å²) < 4.78 is 0. The first-order chi connectivity index (χ1) is 7.67. The Bertz CT molecular complexity index is 412. The molecule has 1 aromatic rings. The molecule has 0 fully saturated rings. The van der Waals surface area contributed by atoms with Crippen LogP contribution in [0.2, 0.25) is 0 Å². The average molecular weight is 237 g/mol. The molecule has 0 aliphatic carbocycles. The second-order valence-electron chi connectivity index (χ2n) is 3.41. The zero-order chi connectivity index (χ0) is 12.0. The molecular weight excluding hydrogens is 224 g/mol. The van der Waals surface area contributed by atoms with E-state index in [1.807, 2.05) is 13.0 Å². The minimum Gasteiger partial charge on any atom is -0.351 e. The van der Waals surface area contributed by atoms with Crippen molar-refractivity contribution >= 4 is 17.5 Å². The Labute approximate surface area is 100 Å². The van der Waals surface area contributed by atoms with Crippen molar-refractivity contribution in [3.05, 3.63) is 35.4 Å². The van der Waals surface area contributed by atoms with Gasteiger partial charge in [0, 0.05) is 12.1 Å². The third kappa shape index (κ3) is 3.56. The fourth-order valence-electron chi connectivity index (χ4n) is 1.18. The second-order valence-corrected chi connectivity index (χ2v) is 4.03. The summed E-state index contributed by atoms with van der Waals surface area (Å²) in [4.78, 5) is 11.7. The predicted octanol–water partition coefficient (Wildman–Crippen LogP) is 2.31. The molecule has 0 saturated carbocycles. The Hall–Kier alpha value is -1.53. The summed E-state index contributed by atoms with van der Waals surface area (Å²) in [6.07, 6.45) is 0.806. The summed E-state index contributed by atoms with van der Waals surface area (Å²) in [6, 6.07) is 8.57. The number of hydrogen-bond donors (Lipinski definition) is 1. The summed E-state index contributed by atoms with van der Waals surface area (Å²) in [7, 11) is 0. The predicted molar refractivity (Wildman–Crippen MR) is 63.4 cm³/mol. The molecule has 0 heterocycles. The molecule has 1 rings (SSSR count). The van der Waals surface area contributed by atoms with Crippen molar-refractivity contribution in [2.75, 3.05) is 6.54 Å². The number of nitriles is 1. The van der Waals surface area contributed by atoms with Crippen molar-refractivity contribution in [1.29, 1.82) is 5.26 Å². The first kappa shape index (κ1) is 12.5. The maximum absolute atomic E-state index is 11.7. The van der Waals surface area contributed by atoms with Crippen LogP contribution in [0.3, 0.4) is 0 Å². The fourth-order valence-corrected chi connectivity index (χ4v) is 1.26. The maximum Gasteiger partial charge on any atom is 0.251 e. The molecule has 16 heavy (non-hydrogen) atoms. The Morgan fingerprint density at radius 3 is 3.00 bits per heavy atom. The monoisotopic (exact) mass is 236 g/mol. The molecule has 0 radical (unpaired) electrons. The van der Waals surface area contributed by atoms with Crippen LogP contribution in [0.4, 0.5) is 0 Å². The van der Waals surface area contributed by atoms with E-state index in [2.05, 4.69) is 5.32 Å². The van der Waals surface area contributed by atoms with Gasteiger partial charge in [0.05, 0.1) is 17.0 Å². The minimum atomic E-state index is -0.198. The smallest absolute Gasteiger partial charge is 0.251 e. The molecular formula is C12H13ClN2O. The highest BCUT2D eigenvalue weighted by molar-refractivity contribution is 6.20. The standard InChI is InChI=1S/C12H13ClN2O/c1-2-11(13)8-15-12(16)10-5-3-4-9(6-10)7-14/h3-6,11H,2,8H2,1H3,(H,15,16). The number of nitrogens with zero attached hydrogens (tertiary/aromatic N) is 1. The summed E-state index contributed by atoms with van der Waals surface area (Å²) in [5, 5.41) is 11.4. The van der Waals surface area contributed by atoms with Gasteiger partial charge in [0.15, 0.2) is 0 Å². The van der Waals surface area contributed by atoms with E-state index in [4.69, 9.17) is 16.9 Å². The molecule has 4 heteroatoms. The minimum absolute atomic E-state index is 0.0527. The zero-order valence-corrected chi connectivity index (χ0v) is 9.79. The highest BCUT2D eigenvalue weighted by Crippen LogP contribution is 2.05. The lowest BCUT2D eigenvalue weighted by molar-refractivity contribution is 0.0953. The number of carbonyl (C=O) groups excluding carboxylic acids is 1. The molecule has 0 spiro atoms. The van der Waals surface area contributed by atoms with Crippen molar-refractivity contribution < 1.29 is 4.79 Å². The first-order valence-electron chi connectivity index (χ1n) is 5.09. The summed E-state index contributed by atoms with van der Waals surface area (Å²) in [6.45, 7) is 2.40. The zero-order valence-electron chi connectivity index (χ0n) is 9.03. The number of benzene rings is 1. The van der Waals surface area contributed by atoms with Crippen molar-refractivity contribution in [2.45, 2.75) is 18.7 Å². The van der Waals surface area contributed by atoms with Gasteiger partial charge < -0.3 is 5.32 Å². The lowest BCUT2D eigenvalue weighted by atomic mass is 10.1. The summed E-state index contributed by atoms with van der Waals surface area (Å²) in [5.74, 6) is -0.198. The summed E-state index contributed by atoms with van der Waals surface area (Å²) in [5.41, 5.74) is 0.963. The van der Waals surface area contributed by atoms with Crippen LogP contribution in [-0.2, 0) is 0 Å². The van der Waals surface area contributed by atoms with Crippen LogP contribution >= 0.6 is 11.6 Å². The van der Waals surface area contributed by atoms with Gasteiger partial charge in [0.2, 0.25) is 0 Å². The molecule has 1 N–H and O–H groups in total. The van der Waals surface area contributed by atoms with E-state index in [1.54, 1.807) is 24.3 Å². The van der Waals surface area contributed by atoms with Crippen LogP contribution in [0.5, 0.6) is 0 Å². The molecule has 0 aliphatic heterocycles. The van der Waals surface area contributed by atoms with Gasteiger partial charge in [-0.3, -0.25) is 4.79 Å². The molecule has 0 aliphatic rings. The van der Waals surface area contributed by atoms with E-state index >= 15 is 0 Å². The Balaban J connectivity index is 2.63. The van der Waals surface area contributed by atoms with Crippen LogP contribution in [0.15, 0.2) is 24.3 Å². The first-order valence-corrected chi connectivity index (χ1v) is 5.53. The van der Waals surface area contributed by atoms with Gasteiger partial charge >= 0.3 is 0 Å². The van der Waals surface area contributed by atoms with E-state index in [0.717, 1.165) is 6.42 Å². The third-order valence-electron chi connectivity index (χ3n) is 2.18. The Morgan fingerprint density at radius 2 is 2.38 bits per heavy atom. The van der Waals surface area contributed by atoms with Crippen molar-refractivity contribution in [1.82, 2.24) is 5.32 Å². The molecule has 0 saturated heterocycles. The quantitative estimate of drug-likeness (QED) is 0.816. The van der Waals surface area contributed by atoms with E-state index in [9.17, 15) is 4.79 Å².